The molecular formula is C17H24ClN3O2S. The molecule has 2 N–H and O–H groups in total. The second-order valence-electron chi connectivity index (χ2n) is 6.34. The third-order valence-electron chi connectivity index (χ3n) is 4.87. The Morgan fingerprint density at radius 1 is 1.38 bits per heavy atom. The van der Waals surface area contributed by atoms with Gasteiger partial charge in [-0.2, -0.15) is 0 Å². The largest absolute Gasteiger partial charge is 0.444 e. The van der Waals surface area contributed by atoms with Gasteiger partial charge in [0.15, 0.2) is 0 Å². The second-order valence-corrected chi connectivity index (χ2v) is 7.29. The fraction of sp³-hybridized carbons (Fsp3) is 0.588. The van der Waals surface area contributed by atoms with Crippen molar-refractivity contribution in [2.75, 3.05) is 19.8 Å². The number of oxazole rings is 1. The fourth-order valence-corrected chi connectivity index (χ4v) is 4.38. The summed E-state index contributed by atoms with van der Waals surface area (Å²) < 4.78 is 11.2. The van der Waals surface area contributed by atoms with E-state index >= 15 is 0 Å². The summed E-state index contributed by atoms with van der Waals surface area (Å²) in [5.41, 5.74) is 0.979. The number of halogens is 1. The van der Waals surface area contributed by atoms with E-state index in [0.29, 0.717) is 18.0 Å². The van der Waals surface area contributed by atoms with Crippen LogP contribution in [-0.2, 0) is 11.3 Å². The molecule has 7 heteroatoms. The summed E-state index contributed by atoms with van der Waals surface area (Å²) in [6.07, 6.45) is 5.57. The number of thiophene rings is 1. The zero-order chi connectivity index (χ0) is 15.5. The van der Waals surface area contributed by atoms with Crippen molar-refractivity contribution in [2.24, 2.45) is 5.92 Å². The first-order chi connectivity index (χ1) is 11.4. The van der Waals surface area contributed by atoms with Gasteiger partial charge in [-0.15, -0.1) is 23.7 Å². The Labute approximate surface area is 152 Å². The van der Waals surface area contributed by atoms with E-state index in [4.69, 9.17) is 9.15 Å². The number of hydrogen-bond donors (Lipinski definition) is 2. The molecule has 3 atom stereocenters. The van der Waals surface area contributed by atoms with Gasteiger partial charge in [-0.05, 0) is 30.2 Å². The number of rotatable bonds is 5. The van der Waals surface area contributed by atoms with Crippen LogP contribution in [0.25, 0.3) is 10.8 Å². The van der Waals surface area contributed by atoms with E-state index in [1.165, 1.54) is 19.3 Å². The third kappa shape index (κ3) is 4.00. The van der Waals surface area contributed by atoms with Crippen molar-refractivity contribution in [1.82, 2.24) is 15.6 Å². The Balaban J connectivity index is 0.00000169. The highest BCUT2D eigenvalue weighted by Gasteiger charge is 2.34. The van der Waals surface area contributed by atoms with Crippen LogP contribution in [0.5, 0.6) is 0 Å². The van der Waals surface area contributed by atoms with Gasteiger partial charge in [0.2, 0.25) is 5.89 Å². The molecule has 2 fully saturated rings. The highest BCUT2D eigenvalue weighted by atomic mass is 35.5. The average molecular weight is 370 g/mol. The van der Waals surface area contributed by atoms with Crippen LogP contribution in [0.2, 0.25) is 0 Å². The molecule has 0 aromatic carbocycles. The van der Waals surface area contributed by atoms with Crippen molar-refractivity contribution in [3.63, 3.8) is 0 Å². The standard InChI is InChI=1S/C17H23N3O2S.ClH/c1-3-13(15-11-21-7-6-18-15)14(4-1)19-9-12-10-22-17(20-12)16-5-2-8-23-16;/h2,5,8,10,13-15,18-19H,1,3-4,6-7,9,11H2;1H. The minimum Gasteiger partial charge on any atom is -0.444 e. The first kappa shape index (κ1) is 17.9. The van der Waals surface area contributed by atoms with Crippen LogP contribution in [-0.4, -0.2) is 36.8 Å². The van der Waals surface area contributed by atoms with E-state index in [-0.39, 0.29) is 12.4 Å². The van der Waals surface area contributed by atoms with E-state index in [1.54, 1.807) is 17.6 Å². The van der Waals surface area contributed by atoms with Crippen molar-refractivity contribution in [3.05, 3.63) is 29.5 Å². The number of ether oxygens (including phenoxy) is 1. The lowest BCUT2D eigenvalue weighted by atomic mass is 9.94. The maximum Gasteiger partial charge on any atom is 0.236 e. The molecule has 24 heavy (non-hydrogen) atoms. The van der Waals surface area contributed by atoms with Crippen molar-refractivity contribution in [2.45, 2.75) is 37.9 Å². The molecule has 1 saturated heterocycles. The molecule has 0 bridgehead atoms. The molecule has 2 aromatic rings. The molecule has 0 amide bonds. The summed E-state index contributed by atoms with van der Waals surface area (Å²) in [5, 5.41) is 9.34. The highest BCUT2D eigenvalue weighted by molar-refractivity contribution is 7.13. The van der Waals surface area contributed by atoms with Crippen LogP contribution >= 0.6 is 23.7 Å². The van der Waals surface area contributed by atoms with Crippen molar-refractivity contribution < 1.29 is 9.15 Å². The maximum absolute atomic E-state index is 5.63. The molecule has 0 spiro atoms. The summed E-state index contributed by atoms with van der Waals surface area (Å²) in [6.45, 7) is 3.42. The summed E-state index contributed by atoms with van der Waals surface area (Å²) >= 11 is 1.65. The zero-order valence-corrected chi connectivity index (χ0v) is 15.2. The number of nitrogens with one attached hydrogen (secondary N) is 2. The molecule has 2 aromatic heterocycles. The molecule has 4 rings (SSSR count). The minimum atomic E-state index is 0. The molecule has 1 aliphatic heterocycles. The Morgan fingerprint density at radius 3 is 3.12 bits per heavy atom. The van der Waals surface area contributed by atoms with Crippen LogP contribution < -0.4 is 10.6 Å². The zero-order valence-electron chi connectivity index (χ0n) is 13.6. The SMILES string of the molecule is Cl.c1csc(-c2nc(CNC3CCCC3C3COCCN3)co2)c1. The highest BCUT2D eigenvalue weighted by Crippen LogP contribution is 2.30. The van der Waals surface area contributed by atoms with E-state index in [0.717, 1.165) is 42.8 Å². The van der Waals surface area contributed by atoms with Gasteiger partial charge in [0.05, 0.1) is 23.8 Å². The second kappa shape index (κ2) is 8.45. The van der Waals surface area contributed by atoms with Gasteiger partial charge in [-0.3, -0.25) is 0 Å². The first-order valence-electron chi connectivity index (χ1n) is 8.43. The molecule has 5 nitrogen and oxygen atoms in total. The van der Waals surface area contributed by atoms with Crippen LogP contribution in [0.4, 0.5) is 0 Å². The quantitative estimate of drug-likeness (QED) is 0.848. The minimum absolute atomic E-state index is 0. The lowest BCUT2D eigenvalue weighted by Crippen LogP contribution is -2.50. The van der Waals surface area contributed by atoms with Crippen LogP contribution in [0, 0.1) is 5.92 Å². The topological polar surface area (TPSA) is 59.3 Å². The van der Waals surface area contributed by atoms with Gasteiger partial charge in [-0.25, -0.2) is 4.98 Å². The van der Waals surface area contributed by atoms with Gasteiger partial charge < -0.3 is 19.8 Å². The van der Waals surface area contributed by atoms with Crippen molar-refractivity contribution in [3.8, 4) is 10.8 Å². The molecule has 3 heterocycles. The lowest BCUT2D eigenvalue weighted by Gasteiger charge is -2.32. The Bertz CT molecular complexity index is 613. The number of hydrogen-bond acceptors (Lipinski definition) is 6. The fourth-order valence-electron chi connectivity index (χ4n) is 3.72. The van der Waals surface area contributed by atoms with Gasteiger partial charge in [0.25, 0.3) is 0 Å². The Kier molecular flexibility index (Phi) is 6.30. The number of aromatic nitrogens is 1. The Morgan fingerprint density at radius 2 is 2.33 bits per heavy atom. The van der Waals surface area contributed by atoms with Gasteiger partial charge in [0, 0.05) is 25.2 Å². The lowest BCUT2D eigenvalue weighted by molar-refractivity contribution is 0.0524. The predicted octanol–water partition coefficient (Wildman–Crippen LogP) is 3.07. The molecule has 3 unspecified atom stereocenters. The summed E-state index contributed by atoms with van der Waals surface area (Å²) in [7, 11) is 0. The van der Waals surface area contributed by atoms with E-state index in [9.17, 15) is 0 Å². The Hall–Kier alpha value is -0.920. The molecule has 1 aliphatic carbocycles. The normalized spacial score (nSPS) is 27.1. The van der Waals surface area contributed by atoms with E-state index < -0.39 is 0 Å². The predicted molar refractivity (Wildman–Crippen MR) is 97.6 cm³/mol. The van der Waals surface area contributed by atoms with Gasteiger partial charge >= 0.3 is 0 Å². The average Bonchev–Trinajstić information content (AvgIpc) is 3.33. The molecule has 0 radical (unpaired) electrons. The van der Waals surface area contributed by atoms with E-state index in [1.807, 2.05) is 17.5 Å². The number of morpholine rings is 1. The third-order valence-corrected chi connectivity index (χ3v) is 5.72. The molecule has 132 valence electrons. The summed E-state index contributed by atoms with van der Waals surface area (Å²) in [6, 6.07) is 5.08. The smallest absolute Gasteiger partial charge is 0.236 e. The first-order valence-corrected chi connectivity index (χ1v) is 9.31. The number of nitrogens with zero attached hydrogens (tertiary/aromatic N) is 1. The van der Waals surface area contributed by atoms with Crippen molar-refractivity contribution in [1.29, 1.82) is 0 Å². The molecular weight excluding hydrogens is 346 g/mol. The monoisotopic (exact) mass is 369 g/mol. The van der Waals surface area contributed by atoms with Crippen molar-refractivity contribution >= 4 is 23.7 Å². The van der Waals surface area contributed by atoms with Gasteiger partial charge in [0.1, 0.15) is 6.26 Å². The molecule has 2 aliphatic rings. The maximum atomic E-state index is 5.63. The van der Waals surface area contributed by atoms with Crippen LogP contribution in [0.1, 0.15) is 25.0 Å². The van der Waals surface area contributed by atoms with Gasteiger partial charge in [-0.1, -0.05) is 12.5 Å². The summed E-state index contributed by atoms with van der Waals surface area (Å²) in [4.78, 5) is 5.67. The van der Waals surface area contributed by atoms with E-state index in [2.05, 4.69) is 15.6 Å². The summed E-state index contributed by atoms with van der Waals surface area (Å²) in [5.74, 6) is 1.38. The molecule has 1 saturated carbocycles. The van der Waals surface area contributed by atoms with Crippen LogP contribution in [0.15, 0.2) is 28.2 Å². The van der Waals surface area contributed by atoms with Crippen LogP contribution in [0.3, 0.4) is 0 Å².